The fraction of sp³-hybridized carbons (Fsp3) is 0.256. The van der Waals surface area contributed by atoms with E-state index in [1.165, 1.54) is 6.07 Å². The Balaban J connectivity index is 1.27. The van der Waals surface area contributed by atoms with E-state index in [1.807, 2.05) is 64.1 Å². The third-order valence-corrected chi connectivity index (χ3v) is 8.83. The largest absolute Gasteiger partial charge is 0.479 e. The highest BCUT2D eigenvalue weighted by Gasteiger charge is 2.32. The number of amides is 1. The summed E-state index contributed by atoms with van der Waals surface area (Å²) in [5.74, 6) is -1.19. The molecule has 0 radical (unpaired) electrons. The molecule has 1 unspecified atom stereocenters. The number of pyridine rings is 1. The number of alkyl carbamates (subject to hydrolysis) is 1. The van der Waals surface area contributed by atoms with Gasteiger partial charge in [-0.15, -0.1) is 0 Å². The predicted molar refractivity (Wildman–Crippen MR) is 188 cm³/mol. The van der Waals surface area contributed by atoms with E-state index in [4.69, 9.17) is 21.1 Å². The van der Waals surface area contributed by atoms with Crippen LogP contribution in [-0.2, 0) is 20.8 Å². The summed E-state index contributed by atoms with van der Waals surface area (Å²) < 4.78 is 13.4. The summed E-state index contributed by atoms with van der Waals surface area (Å²) in [6, 6.07) is 28.4. The molecule has 1 aliphatic rings. The summed E-state index contributed by atoms with van der Waals surface area (Å²) in [5.41, 5.74) is 6.64. The second-order valence-electron chi connectivity index (χ2n) is 12.9. The number of halogens is 1. The van der Waals surface area contributed by atoms with Crippen molar-refractivity contribution in [3.63, 3.8) is 0 Å². The van der Waals surface area contributed by atoms with Crippen LogP contribution in [0.25, 0.3) is 33.2 Å². The van der Waals surface area contributed by atoms with E-state index in [0.29, 0.717) is 32.6 Å². The van der Waals surface area contributed by atoms with Crippen molar-refractivity contribution in [1.82, 2.24) is 9.88 Å². The molecular formula is C39H37ClN2O6. The van der Waals surface area contributed by atoms with Gasteiger partial charge < -0.3 is 24.5 Å². The van der Waals surface area contributed by atoms with E-state index < -0.39 is 23.8 Å². The van der Waals surface area contributed by atoms with E-state index in [1.54, 1.807) is 28.8 Å². The normalized spacial score (nSPS) is 13.2. The average molecular weight is 665 g/mol. The third-order valence-electron chi connectivity index (χ3n) is 8.58. The van der Waals surface area contributed by atoms with Crippen molar-refractivity contribution in [2.24, 2.45) is 0 Å². The van der Waals surface area contributed by atoms with Crippen molar-refractivity contribution in [3.05, 3.63) is 129 Å². The van der Waals surface area contributed by atoms with Crippen LogP contribution in [-0.4, -0.2) is 40.5 Å². The van der Waals surface area contributed by atoms with Gasteiger partial charge in [-0.25, -0.2) is 9.59 Å². The molecule has 4 aromatic carbocycles. The molecule has 48 heavy (non-hydrogen) atoms. The highest BCUT2D eigenvalue weighted by atomic mass is 35.5. The molecule has 0 aliphatic heterocycles. The molecule has 0 saturated heterocycles. The maximum Gasteiger partial charge on any atom is 0.407 e. The number of aromatic nitrogens is 1. The fourth-order valence-electron chi connectivity index (χ4n) is 6.59. The number of carboxylic acid groups (broad SMARTS) is 1. The summed E-state index contributed by atoms with van der Waals surface area (Å²) in [5, 5.41) is 14.3. The van der Waals surface area contributed by atoms with Crippen LogP contribution in [0.15, 0.2) is 95.8 Å². The number of ether oxygens (including phenoxy) is 2. The maximum atomic E-state index is 13.2. The first-order chi connectivity index (χ1) is 22.9. The number of rotatable bonds is 9. The number of aryl methyl sites for hydroxylation is 1. The SMILES string of the molecule is Cc1cc2c(ccc(=O)n2CCNC(=O)OCC2c3ccccc3-c3ccccc32)c(-c2ccc(Cl)cc2)c1C(OC(C)(C)C)C(=O)O. The summed E-state index contributed by atoms with van der Waals surface area (Å²) >= 11 is 6.21. The third kappa shape index (κ3) is 6.59. The van der Waals surface area contributed by atoms with Crippen LogP contribution in [0.4, 0.5) is 4.79 Å². The highest BCUT2D eigenvalue weighted by Crippen LogP contribution is 2.44. The molecule has 246 valence electrons. The number of hydrogen-bond donors (Lipinski definition) is 2. The molecule has 9 heteroatoms. The highest BCUT2D eigenvalue weighted by molar-refractivity contribution is 6.30. The van der Waals surface area contributed by atoms with E-state index in [0.717, 1.165) is 27.8 Å². The lowest BCUT2D eigenvalue weighted by Gasteiger charge is -2.29. The fourth-order valence-corrected chi connectivity index (χ4v) is 6.71. The Morgan fingerprint density at radius 1 is 0.938 bits per heavy atom. The second kappa shape index (κ2) is 13.3. The van der Waals surface area contributed by atoms with Crippen molar-refractivity contribution in [2.75, 3.05) is 13.2 Å². The minimum absolute atomic E-state index is 0.0656. The molecule has 1 aromatic heterocycles. The number of carboxylic acids is 1. The lowest BCUT2D eigenvalue weighted by Crippen LogP contribution is -2.32. The standard InChI is InChI=1S/C39H37ClN2O6/c1-23-21-32-30(35(24-13-15-25(40)16-14-24)34(23)36(37(44)45)48-39(2,3)4)17-18-33(43)42(32)20-19-41-38(46)47-22-31-28-11-7-5-9-26(28)27-10-6-8-12-29(27)31/h5-18,21,31,36H,19-20,22H2,1-4H3,(H,41,46)(H,44,45). The maximum absolute atomic E-state index is 13.2. The molecule has 0 fully saturated rings. The molecule has 1 atom stereocenters. The molecule has 5 aromatic rings. The van der Waals surface area contributed by atoms with Gasteiger partial charge in [0.25, 0.3) is 5.56 Å². The minimum atomic E-state index is -1.27. The van der Waals surface area contributed by atoms with Gasteiger partial charge in [-0.05, 0) is 90.9 Å². The molecule has 1 amide bonds. The zero-order valence-electron chi connectivity index (χ0n) is 27.2. The molecule has 2 N–H and O–H groups in total. The van der Waals surface area contributed by atoms with Crippen LogP contribution in [0, 0.1) is 6.92 Å². The van der Waals surface area contributed by atoms with Crippen LogP contribution >= 0.6 is 11.6 Å². The van der Waals surface area contributed by atoms with Crippen molar-refractivity contribution in [1.29, 1.82) is 0 Å². The van der Waals surface area contributed by atoms with E-state index in [2.05, 4.69) is 29.6 Å². The van der Waals surface area contributed by atoms with Gasteiger partial charge in [-0.2, -0.15) is 0 Å². The van der Waals surface area contributed by atoms with Gasteiger partial charge in [0.1, 0.15) is 6.61 Å². The van der Waals surface area contributed by atoms with Crippen LogP contribution in [0.2, 0.25) is 5.02 Å². The Hall–Kier alpha value is -4.92. The van der Waals surface area contributed by atoms with Gasteiger partial charge >= 0.3 is 12.1 Å². The Morgan fingerprint density at radius 3 is 2.17 bits per heavy atom. The summed E-state index contributed by atoms with van der Waals surface area (Å²) in [6.07, 6.45) is -1.84. The van der Waals surface area contributed by atoms with Gasteiger partial charge in [0.05, 0.1) is 11.1 Å². The quantitative estimate of drug-likeness (QED) is 0.165. The number of carbonyl (C=O) groups is 2. The lowest BCUT2D eigenvalue weighted by atomic mass is 9.88. The summed E-state index contributed by atoms with van der Waals surface area (Å²) in [6.45, 7) is 7.72. The number of carbonyl (C=O) groups excluding carboxylic acids is 1. The number of benzene rings is 4. The zero-order valence-corrected chi connectivity index (χ0v) is 28.0. The van der Waals surface area contributed by atoms with Crippen molar-refractivity contribution < 1.29 is 24.2 Å². The van der Waals surface area contributed by atoms with Crippen molar-refractivity contribution in [2.45, 2.75) is 51.9 Å². The average Bonchev–Trinajstić information content (AvgIpc) is 3.37. The van der Waals surface area contributed by atoms with Crippen LogP contribution < -0.4 is 10.9 Å². The number of nitrogens with zero attached hydrogens (tertiary/aromatic N) is 1. The number of aliphatic carboxylic acids is 1. The first kappa shape index (κ1) is 33.0. The molecule has 0 saturated carbocycles. The monoisotopic (exact) mass is 664 g/mol. The van der Waals surface area contributed by atoms with E-state index in [-0.39, 0.29) is 31.2 Å². The second-order valence-corrected chi connectivity index (χ2v) is 13.4. The number of fused-ring (bicyclic) bond motifs is 4. The van der Waals surface area contributed by atoms with Crippen LogP contribution in [0.1, 0.15) is 55.0 Å². The molecule has 0 bridgehead atoms. The van der Waals surface area contributed by atoms with Gasteiger partial charge in [0.15, 0.2) is 6.10 Å². The molecule has 1 heterocycles. The zero-order chi connectivity index (χ0) is 34.2. The van der Waals surface area contributed by atoms with Crippen LogP contribution in [0.5, 0.6) is 0 Å². The van der Waals surface area contributed by atoms with Gasteiger partial charge in [-0.1, -0.05) is 72.3 Å². The summed E-state index contributed by atoms with van der Waals surface area (Å²) in [4.78, 5) is 38.8. The Morgan fingerprint density at radius 2 is 1.56 bits per heavy atom. The molecular weight excluding hydrogens is 628 g/mol. The first-order valence-electron chi connectivity index (χ1n) is 15.9. The van der Waals surface area contributed by atoms with Crippen LogP contribution in [0.3, 0.4) is 0 Å². The van der Waals surface area contributed by atoms with Gasteiger partial charge in [0.2, 0.25) is 0 Å². The number of hydrogen-bond acceptors (Lipinski definition) is 5. The Labute approximate surface area is 283 Å². The topological polar surface area (TPSA) is 107 Å². The molecule has 0 spiro atoms. The molecule has 8 nitrogen and oxygen atoms in total. The number of nitrogens with one attached hydrogen (secondary N) is 1. The van der Waals surface area contributed by atoms with E-state index >= 15 is 0 Å². The van der Waals surface area contributed by atoms with E-state index in [9.17, 15) is 19.5 Å². The smallest absolute Gasteiger partial charge is 0.407 e. The minimum Gasteiger partial charge on any atom is -0.479 e. The Bertz CT molecular complexity index is 2030. The first-order valence-corrected chi connectivity index (χ1v) is 16.2. The molecule has 6 rings (SSSR count). The predicted octanol–water partition coefficient (Wildman–Crippen LogP) is 8.11. The van der Waals surface area contributed by atoms with Crippen molar-refractivity contribution in [3.8, 4) is 22.3 Å². The molecule has 1 aliphatic carbocycles. The van der Waals surface area contributed by atoms with Gasteiger partial charge in [0, 0.05) is 41.0 Å². The lowest BCUT2D eigenvalue weighted by molar-refractivity contribution is -0.160. The summed E-state index contributed by atoms with van der Waals surface area (Å²) in [7, 11) is 0. The Kier molecular flexibility index (Phi) is 9.14. The van der Waals surface area contributed by atoms with Gasteiger partial charge in [-0.3, -0.25) is 4.79 Å². The van der Waals surface area contributed by atoms with Crippen molar-refractivity contribution >= 4 is 34.6 Å².